The van der Waals surface area contributed by atoms with E-state index in [4.69, 9.17) is 0 Å². The van der Waals surface area contributed by atoms with Gasteiger partial charge in [-0.1, -0.05) is 0 Å². The van der Waals surface area contributed by atoms with Crippen molar-refractivity contribution >= 4 is 16.9 Å². The molecule has 2 rings (SSSR count). The molecule has 1 amide bonds. The zero-order valence-corrected chi connectivity index (χ0v) is 13.9. The number of nitrogens with zero attached hydrogens (tertiary/aromatic N) is 3. The van der Waals surface area contributed by atoms with Gasteiger partial charge in [0.1, 0.15) is 11.3 Å². The quantitative estimate of drug-likeness (QED) is 0.775. The summed E-state index contributed by atoms with van der Waals surface area (Å²) in [5, 5.41) is 6.13. The van der Waals surface area contributed by atoms with Crippen LogP contribution in [0.4, 0.5) is 0 Å². The molecule has 2 N–H and O–H groups in total. The van der Waals surface area contributed by atoms with Crippen LogP contribution in [0.5, 0.6) is 0 Å². The van der Waals surface area contributed by atoms with Crippen molar-refractivity contribution in [1.82, 2.24) is 24.8 Å². The summed E-state index contributed by atoms with van der Waals surface area (Å²) in [6, 6.07) is 1.69. The molecule has 0 aliphatic carbocycles. The van der Waals surface area contributed by atoms with E-state index in [1.165, 1.54) is 18.7 Å². The van der Waals surface area contributed by atoms with E-state index in [2.05, 4.69) is 15.6 Å². The number of rotatable bonds is 4. The summed E-state index contributed by atoms with van der Waals surface area (Å²) in [4.78, 5) is 40.7. The van der Waals surface area contributed by atoms with E-state index >= 15 is 0 Å². The number of pyridine rings is 1. The second-order valence-electron chi connectivity index (χ2n) is 5.63. The van der Waals surface area contributed by atoms with Gasteiger partial charge in [0.2, 0.25) is 0 Å². The lowest BCUT2D eigenvalue weighted by molar-refractivity contribution is 0.0946. The summed E-state index contributed by atoms with van der Waals surface area (Å²) in [6.45, 7) is 4.11. The largest absolute Gasteiger partial charge is 0.349 e. The van der Waals surface area contributed by atoms with Gasteiger partial charge < -0.3 is 10.6 Å². The molecule has 0 radical (unpaired) electrons. The molecule has 0 spiro atoms. The Morgan fingerprint density at radius 2 is 1.96 bits per heavy atom. The van der Waals surface area contributed by atoms with Gasteiger partial charge in [0.05, 0.1) is 5.39 Å². The van der Waals surface area contributed by atoms with Crippen molar-refractivity contribution < 1.29 is 4.79 Å². The van der Waals surface area contributed by atoms with E-state index in [9.17, 15) is 14.4 Å². The minimum atomic E-state index is -0.476. The van der Waals surface area contributed by atoms with Crippen LogP contribution in [0.3, 0.4) is 0 Å². The molecule has 2 aromatic rings. The number of aromatic nitrogens is 3. The van der Waals surface area contributed by atoms with Crippen LogP contribution < -0.4 is 21.9 Å². The first-order valence-electron chi connectivity index (χ1n) is 7.30. The number of likely N-dealkylation sites (N-methyl/N-ethyl adjacent to an activating group) is 1. The fourth-order valence-corrected chi connectivity index (χ4v) is 2.29. The molecule has 23 heavy (non-hydrogen) atoms. The summed E-state index contributed by atoms with van der Waals surface area (Å²) in [5.41, 5.74) is 0.115. The minimum Gasteiger partial charge on any atom is -0.349 e. The number of hydrogen-bond donors (Lipinski definition) is 2. The SMILES string of the molecule is CNC(C)CNC(=O)c1cc(C)c2c(=O)n(C)c(=O)n(C)c2n1. The van der Waals surface area contributed by atoms with E-state index in [1.54, 1.807) is 20.0 Å². The maximum atomic E-state index is 12.3. The Labute approximate surface area is 133 Å². The summed E-state index contributed by atoms with van der Waals surface area (Å²) in [7, 11) is 4.76. The third-order valence-corrected chi connectivity index (χ3v) is 3.90. The number of carbonyl (C=O) groups excluding carboxylic acids is 1. The second kappa shape index (κ2) is 6.33. The van der Waals surface area contributed by atoms with Gasteiger partial charge in [0, 0.05) is 26.7 Å². The lowest BCUT2D eigenvalue weighted by atomic mass is 10.1. The summed E-state index contributed by atoms with van der Waals surface area (Å²) in [5.74, 6) is -0.342. The molecule has 124 valence electrons. The molecular formula is C15H21N5O3. The first-order chi connectivity index (χ1) is 10.8. The molecule has 0 aliphatic rings. The van der Waals surface area contributed by atoms with Crippen molar-refractivity contribution in [2.75, 3.05) is 13.6 Å². The number of nitrogens with one attached hydrogen (secondary N) is 2. The Hall–Kier alpha value is -2.48. The lowest BCUT2D eigenvalue weighted by Crippen LogP contribution is -2.39. The summed E-state index contributed by atoms with van der Waals surface area (Å²) >= 11 is 0. The molecule has 0 saturated carbocycles. The molecule has 1 unspecified atom stereocenters. The van der Waals surface area contributed by atoms with Crippen molar-refractivity contribution in [3.8, 4) is 0 Å². The standard InChI is InChI=1S/C15H21N5O3/c1-8-6-10(13(21)17-7-9(2)16-3)18-12-11(8)14(22)20(5)15(23)19(12)4/h6,9,16H,7H2,1-5H3,(H,17,21). The molecule has 8 nitrogen and oxygen atoms in total. The van der Waals surface area contributed by atoms with Crippen LogP contribution in [-0.2, 0) is 14.1 Å². The van der Waals surface area contributed by atoms with Gasteiger partial charge in [0.25, 0.3) is 11.5 Å². The van der Waals surface area contributed by atoms with Crippen LogP contribution in [0.25, 0.3) is 11.0 Å². The molecule has 1 atom stereocenters. The van der Waals surface area contributed by atoms with E-state index in [0.717, 1.165) is 4.57 Å². The molecule has 0 saturated heterocycles. The van der Waals surface area contributed by atoms with Crippen molar-refractivity contribution in [1.29, 1.82) is 0 Å². The molecule has 2 aromatic heterocycles. The molecule has 0 bridgehead atoms. The zero-order valence-electron chi connectivity index (χ0n) is 13.9. The fraction of sp³-hybridized carbons (Fsp3) is 0.467. The Bertz CT molecular complexity index is 881. The first kappa shape index (κ1) is 16.9. The summed E-state index contributed by atoms with van der Waals surface area (Å²) in [6.07, 6.45) is 0. The monoisotopic (exact) mass is 319 g/mol. The van der Waals surface area contributed by atoms with Gasteiger partial charge >= 0.3 is 5.69 Å². The van der Waals surface area contributed by atoms with Gasteiger partial charge in [-0.15, -0.1) is 0 Å². The minimum absolute atomic E-state index is 0.122. The number of aryl methyl sites for hydroxylation is 2. The Balaban J connectivity index is 2.56. The van der Waals surface area contributed by atoms with Crippen LogP contribution in [0.2, 0.25) is 0 Å². The van der Waals surface area contributed by atoms with Crippen LogP contribution in [-0.4, -0.2) is 39.7 Å². The highest BCUT2D eigenvalue weighted by molar-refractivity contribution is 5.95. The molecule has 0 fully saturated rings. The fourth-order valence-electron chi connectivity index (χ4n) is 2.29. The highest BCUT2D eigenvalue weighted by Gasteiger charge is 2.16. The Kier molecular flexibility index (Phi) is 4.65. The lowest BCUT2D eigenvalue weighted by Gasteiger charge is -2.13. The van der Waals surface area contributed by atoms with Crippen LogP contribution in [0, 0.1) is 6.92 Å². The van der Waals surface area contributed by atoms with Gasteiger partial charge in [-0.2, -0.15) is 0 Å². The van der Waals surface area contributed by atoms with Gasteiger partial charge in [-0.25, -0.2) is 9.78 Å². The summed E-state index contributed by atoms with van der Waals surface area (Å²) < 4.78 is 2.31. The molecule has 8 heteroatoms. The number of fused-ring (bicyclic) bond motifs is 1. The number of hydrogen-bond acceptors (Lipinski definition) is 5. The normalized spacial score (nSPS) is 12.4. The van der Waals surface area contributed by atoms with Gasteiger partial charge in [-0.05, 0) is 32.5 Å². The van der Waals surface area contributed by atoms with Crippen molar-refractivity contribution in [3.63, 3.8) is 0 Å². The average Bonchev–Trinajstić information content (AvgIpc) is 2.54. The average molecular weight is 319 g/mol. The Morgan fingerprint density at radius 1 is 1.30 bits per heavy atom. The van der Waals surface area contributed by atoms with E-state index in [0.29, 0.717) is 17.5 Å². The number of carbonyl (C=O) groups is 1. The van der Waals surface area contributed by atoms with Crippen LogP contribution in [0.15, 0.2) is 15.7 Å². The third-order valence-electron chi connectivity index (χ3n) is 3.90. The maximum absolute atomic E-state index is 12.3. The molecule has 0 aliphatic heterocycles. The maximum Gasteiger partial charge on any atom is 0.332 e. The number of amides is 1. The van der Waals surface area contributed by atoms with Gasteiger partial charge in [0.15, 0.2) is 0 Å². The first-order valence-corrected chi connectivity index (χ1v) is 7.30. The van der Waals surface area contributed by atoms with Crippen LogP contribution in [0.1, 0.15) is 23.0 Å². The van der Waals surface area contributed by atoms with E-state index in [-0.39, 0.29) is 23.3 Å². The second-order valence-corrected chi connectivity index (χ2v) is 5.63. The predicted molar refractivity (Wildman–Crippen MR) is 87.8 cm³/mol. The highest BCUT2D eigenvalue weighted by atomic mass is 16.2. The van der Waals surface area contributed by atoms with Crippen molar-refractivity contribution in [2.45, 2.75) is 19.9 Å². The smallest absolute Gasteiger partial charge is 0.332 e. The topological polar surface area (TPSA) is 98.0 Å². The predicted octanol–water partition coefficient (Wildman–Crippen LogP) is -0.722. The van der Waals surface area contributed by atoms with E-state index < -0.39 is 11.2 Å². The highest BCUT2D eigenvalue weighted by Crippen LogP contribution is 2.12. The van der Waals surface area contributed by atoms with Gasteiger partial charge in [-0.3, -0.25) is 18.7 Å². The Morgan fingerprint density at radius 3 is 2.57 bits per heavy atom. The molecular weight excluding hydrogens is 298 g/mol. The zero-order chi connectivity index (χ0) is 17.3. The molecule has 0 aromatic carbocycles. The molecule has 2 heterocycles. The van der Waals surface area contributed by atoms with Crippen LogP contribution >= 0.6 is 0 Å². The third kappa shape index (κ3) is 3.02. The van der Waals surface area contributed by atoms with E-state index in [1.807, 2.05) is 6.92 Å². The van der Waals surface area contributed by atoms with Crippen molar-refractivity contribution in [2.24, 2.45) is 14.1 Å². The van der Waals surface area contributed by atoms with Crippen molar-refractivity contribution in [3.05, 3.63) is 38.2 Å².